The van der Waals surface area contributed by atoms with Gasteiger partial charge in [-0.3, -0.25) is 39.0 Å². The standard InChI is InChI=1S/C36H62N12O8/c1-20(2)18-27-34(54)44-23(10-14-37)30(50)42-25(12-16-39)32(52)47-29(21(3)49)36(56)41-17-13-26(48-40-4)33(53)43-24(11-15-38)31(51)46-28(35(55)45-27)19-22-8-6-5-7-9-22/h5-9,20-21,23-29,40,48-49H,10-19,37-39H2,1-4H3,(H,41,56)(H,42,50)(H,43,53)(H,44,54)(H,45,55)(H,46,51)(H,47,52)/t21-,23+,24+,25+,26+,27+,28-,29?/m1/s1. The van der Waals surface area contributed by atoms with Crippen LogP contribution in [-0.4, -0.2) is 128 Å². The molecule has 0 aliphatic carbocycles. The van der Waals surface area contributed by atoms with E-state index in [0.29, 0.717) is 5.56 Å². The Kier molecular flexibility index (Phi) is 20.9. The van der Waals surface area contributed by atoms with Gasteiger partial charge in [0.25, 0.3) is 0 Å². The minimum atomic E-state index is -1.47. The fourth-order valence-electron chi connectivity index (χ4n) is 5.98. The molecule has 1 fully saturated rings. The molecule has 1 aromatic rings. The molecule has 0 radical (unpaired) electrons. The Morgan fingerprint density at radius 1 is 0.643 bits per heavy atom. The number of nitrogens with two attached hydrogens (primary N) is 3. The van der Waals surface area contributed by atoms with Crippen LogP contribution in [0.3, 0.4) is 0 Å². The van der Waals surface area contributed by atoms with Crippen molar-refractivity contribution in [1.82, 2.24) is 48.1 Å². The number of carbonyl (C=O) groups is 7. The average Bonchev–Trinajstić information content (AvgIpc) is 3.14. The van der Waals surface area contributed by atoms with Gasteiger partial charge in [-0.05, 0) is 77.2 Å². The minimum absolute atomic E-state index is 0.000857. The van der Waals surface area contributed by atoms with E-state index in [9.17, 15) is 38.7 Å². The van der Waals surface area contributed by atoms with Gasteiger partial charge in [0.15, 0.2) is 0 Å². The van der Waals surface area contributed by atoms with E-state index in [1.54, 1.807) is 30.3 Å². The Morgan fingerprint density at radius 3 is 1.57 bits per heavy atom. The zero-order valence-electron chi connectivity index (χ0n) is 32.7. The first kappa shape index (κ1) is 47.4. The average molecular weight is 791 g/mol. The van der Waals surface area contributed by atoms with Gasteiger partial charge in [0.05, 0.1) is 6.10 Å². The summed E-state index contributed by atoms with van der Waals surface area (Å²) in [5, 5.41) is 28.8. The van der Waals surface area contributed by atoms with E-state index >= 15 is 0 Å². The van der Waals surface area contributed by atoms with Crippen molar-refractivity contribution in [2.24, 2.45) is 23.1 Å². The van der Waals surface area contributed by atoms with Crippen LogP contribution in [0.4, 0.5) is 0 Å². The van der Waals surface area contributed by atoms with Crippen LogP contribution in [-0.2, 0) is 40.0 Å². The summed E-state index contributed by atoms with van der Waals surface area (Å²) in [5.41, 5.74) is 23.5. The summed E-state index contributed by atoms with van der Waals surface area (Å²) < 4.78 is 0. The van der Waals surface area contributed by atoms with Crippen LogP contribution in [0.1, 0.15) is 58.4 Å². The lowest BCUT2D eigenvalue weighted by Crippen LogP contribution is -2.61. The third kappa shape index (κ3) is 15.8. The van der Waals surface area contributed by atoms with E-state index in [0.717, 1.165) is 0 Å². The van der Waals surface area contributed by atoms with Crippen molar-refractivity contribution in [3.63, 3.8) is 0 Å². The van der Waals surface area contributed by atoms with E-state index < -0.39 is 89.7 Å². The van der Waals surface area contributed by atoms with Crippen molar-refractivity contribution < 1.29 is 38.7 Å². The molecule has 8 atom stereocenters. The zero-order chi connectivity index (χ0) is 41.8. The molecular formula is C36H62N12O8. The first-order valence-electron chi connectivity index (χ1n) is 19.0. The number of carbonyl (C=O) groups excluding carboxylic acids is 7. The second-order valence-electron chi connectivity index (χ2n) is 14.1. The molecule has 0 aromatic heterocycles. The molecule has 0 bridgehead atoms. The van der Waals surface area contributed by atoms with Gasteiger partial charge in [-0.15, -0.1) is 0 Å². The Morgan fingerprint density at radius 2 is 1.09 bits per heavy atom. The third-order valence-electron chi connectivity index (χ3n) is 8.95. The van der Waals surface area contributed by atoms with Crippen LogP contribution < -0.4 is 65.3 Å². The highest BCUT2D eigenvalue weighted by Gasteiger charge is 2.35. The Hall–Kier alpha value is -4.73. The van der Waals surface area contributed by atoms with E-state index in [4.69, 9.17) is 17.2 Å². The van der Waals surface area contributed by atoms with Gasteiger partial charge < -0.3 is 59.5 Å². The SMILES string of the molecule is CNN[C@H]1CCNC(=O)C([C@@H](C)O)NC(=O)[C@H](CCN)NC(=O)[C@H](CCN)NC(=O)[C@H](CC(C)C)NC(=O)[C@@H](Cc2ccccc2)NC(=O)[C@H](CCN)NC1=O. The Labute approximate surface area is 327 Å². The van der Waals surface area contributed by atoms with Crippen molar-refractivity contribution in [2.45, 2.75) is 108 Å². The summed E-state index contributed by atoms with van der Waals surface area (Å²) >= 11 is 0. The summed E-state index contributed by atoms with van der Waals surface area (Å²) in [5.74, 6) is -5.25. The van der Waals surface area contributed by atoms with Crippen LogP contribution in [0.5, 0.6) is 0 Å². The molecule has 56 heavy (non-hydrogen) atoms. The number of aliphatic hydroxyl groups is 1. The zero-order valence-corrected chi connectivity index (χ0v) is 32.7. The maximum absolute atomic E-state index is 14.0. The molecule has 20 nitrogen and oxygen atoms in total. The lowest BCUT2D eigenvalue weighted by Gasteiger charge is -2.28. The molecule has 1 saturated heterocycles. The van der Waals surface area contributed by atoms with Crippen LogP contribution in [0.2, 0.25) is 0 Å². The van der Waals surface area contributed by atoms with Gasteiger partial charge in [0.1, 0.15) is 42.3 Å². The first-order valence-corrected chi connectivity index (χ1v) is 19.0. The number of rotatable bonds is 13. The fraction of sp³-hybridized carbons (Fsp3) is 0.639. The topological polar surface area (TPSA) is 326 Å². The Balaban J connectivity index is 2.62. The summed E-state index contributed by atoms with van der Waals surface area (Å²) in [6.07, 6.45) is -1.32. The largest absolute Gasteiger partial charge is 0.391 e. The number of hydrogen-bond acceptors (Lipinski definition) is 13. The van der Waals surface area contributed by atoms with Gasteiger partial charge in [-0.1, -0.05) is 44.2 Å². The predicted octanol–water partition coefficient (Wildman–Crippen LogP) is -4.78. The molecule has 1 unspecified atom stereocenters. The summed E-state index contributed by atoms with van der Waals surface area (Å²) in [6.45, 7) is 4.77. The van der Waals surface area contributed by atoms with E-state index in [-0.39, 0.29) is 70.6 Å². The lowest BCUT2D eigenvalue weighted by atomic mass is 10.00. The highest BCUT2D eigenvalue weighted by atomic mass is 16.3. The highest BCUT2D eigenvalue weighted by molar-refractivity contribution is 5.97. The third-order valence-corrected chi connectivity index (χ3v) is 8.95. The molecule has 20 heteroatoms. The molecular weight excluding hydrogens is 728 g/mol. The van der Waals surface area contributed by atoms with Crippen molar-refractivity contribution in [2.75, 3.05) is 33.2 Å². The van der Waals surface area contributed by atoms with Gasteiger partial charge in [0.2, 0.25) is 41.4 Å². The van der Waals surface area contributed by atoms with E-state index in [1.165, 1.54) is 14.0 Å². The monoisotopic (exact) mass is 790 g/mol. The summed E-state index contributed by atoms with van der Waals surface area (Å²) in [7, 11) is 1.52. The molecule has 0 saturated carbocycles. The minimum Gasteiger partial charge on any atom is -0.391 e. The van der Waals surface area contributed by atoms with Gasteiger partial charge in [-0.2, -0.15) is 0 Å². The first-order chi connectivity index (χ1) is 26.6. The summed E-state index contributed by atoms with van der Waals surface area (Å²) in [4.78, 5) is 95.4. The number of aliphatic hydroxyl groups excluding tert-OH is 1. The summed E-state index contributed by atoms with van der Waals surface area (Å²) in [6, 6.07) is 0.315. The van der Waals surface area contributed by atoms with Gasteiger partial charge in [-0.25, -0.2) is 5.43 Å². The fourth-order valence-corrected chi connectivity index (χ4v) is 5.98. The van der Waals surface area contributed by atoms with E-state index in [2.05, 4.69) is 48.1 Å². The molecule has 1 aromatic carbocycles. The molecule has 314 valence electrons. The molecule has 0 spiro atoms. The van der Waals surface area contributed by atoms with Crippen LogP contribution in [0, 0.1) is 5.92 Å². The molecule has 1 aliphatic heterocycles. The second-order valence-corrected chi connectivity index (χ2v) is 14.1. The van der Waals surface area contributed by atoms with Crippen molar-refractivity contribution in [3.05, 3.63) is 35.9 Å². The number of amides is 7. The maximum Gasteiger partial charge on any atom is 0.245 e. The lowest BCUT2D eigenvalue weighted by molar-refractivity contribution is -0.136. The van der Waals surface area contributed by atoms with Gasteiger partial charge in [0, 0.05) is 13.0 Å². The Bertz CT molecular complexity index is 1450. The van der Waals surface area contributed by atoms with Gasteiger partial charge >= 0.3 is 0 Å². The van der Waals surface area contributed by atoms with Crippen molar-refractivity contribution in [1.29, 1.82) is 0 Å². The van der Waals surface area contributed by atoms with Crippen LogP contribution in [0.25, 0.3) is 0 Å². The maximum atomic E-state index is 14.0. The van der Waals surface area contributed by atoms with Crippen molar-refractivity contribution in [3.8, 4) is 0 Å². The molecule has 1 heterocycles. The van der Waals surface area contributed by atoms with E-state index in [1.807, 2.05) is 13.8 Å². The molecule has 2 rings (SSSR count). The smallest absolute Gasteiger partial charge is 0.245 e. The number of nitrogens with one attached hydrogen (secondary N) is 9. The quantitative estimate of drug-likeness (QED) is 0.0836. The number of hydrazine groups is 1. The van der Waals surface area contributed by atoms with Crippen molar-refractivity contribution >= 4 is 41.4 Å². The highest BCUT2D eigenvalue weighted by Crippen LogP contribution is 2.10. The number of benzene rings is 1. The normalized spacial score (nSPS) is 26.2. The molecule has 16 N–H and O–H groups in total. The molecule has 1 aliphatic rings. The van der Waals surface area contributed by atoms with Crippen LogP contribution >= 0.6 is 0 Å². The van der Waals surface area contributed by atoms with Crippen LogP contribution in [0.15, 0.2) is 30.3 Å². The molecule has 7 amide bonds. The second kappa shape index (κ2) is 24.7. The predicted molar refractivity (Wildman–Crippen MR) is 207 cm³/mol. The number of hydrogen-bond donors (Lipinski definition) is 13.